The molecule has 0 bridgehead atoms. The molecule has 1 saturated carbocycles. The fourth-order valence-electron chi connectivity index (χ4n) is 5.03. The summed E-state index contributed by atoms with van der Waals surface area (Å²) in [6.45, 7) is -0.159. The van der Waals surface area contributed by atoms with Gasteiger partial charge in [0.25, 0.3) is 5.91 Å². The molecule has 2 atom stereocenters. The molecule has 216 valence electrons. The Morgan fingerprint density at radius 1 is 1.07 bits per heavy atom. The molecule has 41 heavy (non-hydrogen) atoms. The lowest BCUT2D eigenvalue weighted by atomic mass is 9.96. The van der Waals surface area contributed by atoms with E-state index in [0.29, 0.717) is 31.3 Å². The molecular weight excluding hydrogens is 532 g/mol. The molecule has 0 N–H and O–H groups in total. The van der Waals surface area contributed by atoms with E-state index in [1.807, 2.05) is 36.1 Å². The SMILES string of the molecule is COC(=O)C1CC(c2ccc(OC(F)F)c(OCC3CC3)c2)CN1c1cccc(C(=O)N(C)c2ccc(C)cc2)n1. The van der Waals surface area contributed by atoms with Gasteiger partial charge in [0.15, 0.2) is 11.5 Å². The van der Waals surface area contributed by atoms with Crippen LogP contribution in [0.5, 0.6) is 11.5 Å². The standard InChI is InChI=1S/C31H33F2N3O5/c1-19-7-12-23(13-8-19)35(2)29(37)24-5-4-6-28(34-24)36-17-22(15-25(36)30(38)39-3)21-11-14-26(41-31(32)33)27(16-21)40-18-20-9-10-20/h4-8,11-14,16,20,22,25,31H,9-10,15,17-18H2,1-3H3. The van der Waals surface area contributed by atoms with E-state index in [9.17, 15) is 18.4 Å². The van der Waals surface area contributed by atoms with Gasteiger partial charge < -0.3 is 24.0 Å². The number of anilines is 2. The van der Waals surface area contributed by atoms with Gasteiger partial charge in [-0.1, -0.05) is 29.8 Å². The Bertz CT molecular complexity index is 1400. The van der Waals surface area contributed by atoms with E-state index in [0.717, 1.165) is 29.7 Å². The average Bonchev–Trinajstić information content (AvgIpc) is 3.71. The van der Waals surface area contributed by atoms with Gasteiger partial charge in [-0.25, -0.2) is 9.78 Å². The highest BCUT2D eigenvalue weighted by Gasteiger charge is 2.39. The van der Waals surface area contributed by atoms with Crippen molar-refractivity contribution in [2.75, 3.05) is 37.1 Å². The maximum absolute atomic E-state index is 13.3. The molecule has 3 aromatic rings. The molecular formula is C31H33F2N3O5. The van der Waals surface area contributed by atoms with Crippen molar-refractivity contribution in [2.24, 2.45) is 5.92 Å². The maximum atomic E-state index is 13.3. The van der Waals surface area contributed by atoms with Gasteiger partial charge >= 0.3 is 12.6 Å². The summed E-state index contributed by atoms with van der Waals surface area (Å²) in [6, 6.07) is 17.0. The largest absolute Gasteiger partial charge is 0.489 e. The number of pyridine rings is 1. The molecule has 2 heterocycles. The lowest BCUT2D eigenvalue weighted by Crippen LogP contribution is -2.37. The van der Waals surface area contributed by atoms with Crippen LogP contribution in [-0.4, -0.2) is 56.8 Å². The van der Waals surface area contributed by atoms with Gasteiger partial charge in [-0.2, -0.15) is 8.78 Å². The minimum absolute atomic E-state index is 0.0191. The number of rotatable bonds is 10. The number of carbonyl (C=O) groups is 2. The predicted molar refractivity (Wildman–Crippen MR) is 150 cm³/mol. The second-order valence-corrected chi connectivity index (χ2v) is 10.5. The molecule has 1 aromatic heterocycles. The van der Waals surface area contributed by atoms with E-state index in [-0.39, 0.29) is 29.0 Å². The van der Waals surface area contributed by atoms with Crippen LogP contribution in [0.4, 0.5) is 20.3 Å². The first-order valence-electron chi connectivity index (χ1n) is 13.6. The smallest absolute Gasteiger partial charge is 0.387 e. The number of ether oxygens (including phenoxy) is 3. The zero-order valence-electron chi connectivity index (χ0n) is 23.3. The van der Waals surface area contributed by atoms with Crippen LogP contribution in [0.25, 0.3) is 0 Å². The van der Waals surface area contributed by atoms with Crippen molar-refractivity contribution in [3.8, 4) is 11.5 Å². The van der Waals surface area contributed by atoms with Crippen LogP contribution < -0.4 is 19.3 Å². The summed E-state index contributed by atoms with van der Waals surface area (Å²) in [7, 11) is 3.02. The number of hydrogen-bond donors (Lipinski definition) is 0. The highest BCUT2D eigenvalue weighted by Crippen LogP contribution is 2.40. The van der Waals surface area contributed by atoms with Gasteiger partial charge in [-0.05, 0) is 74.1 Å². The molecule has 2 aromatic carbocycles. The van der Waals surface area contributed by atoms with E-state index in [1.165, 1.54) is 18.1 Å². The second kappa shape index (κ2) is 12.1. The molecule has 1 amide bonds. The van der Waals surface area contributed by atoms with Crippen molar-refractivity contribution in [2.45, 2.75) is 44.8 Å². The number of benzene rings is 2. The molecule has 8 nitrogen and oxygen atoms in total. The number of alkyl halides is 2. The maximum Gasteiger partial charge on any atom is 0.387 e. The Hall–Kier alpha value is -4.21. The summed E-state index contributed by atoms with van der Waals surface area (Å²) in [6.07, 6.45) is 2.52. The number of methoxy groups -OCH3 is 1. The van der Waals surface area contributed by atoms with Crippen LogP contribution in [0.3, 0.4) is 0 Å². The van der Waals surface area contributed by atoms with E-state index in [2.05, 4.69) is 9.72 Å². The molecule has 0 spiro atoms. The summed E-state index contributed by atoms with van der Waals surface area (Å²) in [5.41, 5.74) is 2.88. The summed E-state index contributed by atoms with van der Waals surface area (Å²) >= 11 is 0. The zero-order chi connectivity index (χ0) is 29.1. The van der Waals surface area contributed by atoms with Gasteiger partial charge in [-0.3, -0.25) is 4.79 Å². The fourth-order valence-corrected chi connectivity index (χ4v) is 5.03. The van der Waals surface area contributed by atoms with Crippen molar-refractivity contribution in [3.05, 3.63) is 77.5 Å². The average molecular weight is 566 g/mol. The normalized spacial score (nSPS) is 18.3. The number of esters is 1. The molecule has 5 rings (SSSR count). The number of amides is 1. The van der Waals surface area contributed by atoms with Crippen LogP contribution in [0, 0.1) is 12.8 Å². The van der Waals surface area contributed by atoms with E-state index < -0.39 is 18.6 Å². The third kappa shape index (κ3) is 6.58. The molecule has 0 radical (unpaired) electrons. The third-order valence-corrected chi connectivity index (χ3v) is 7.57. The van der Waals surface area contributed by atoms with Gasteiger partial charge in [0.05, 0.1) is 13.7 Å². The highest BCUT2D eigenvalue weighted by molar-refractivity contribution is 6.04. The topological polar surface area (TPSA) is 81.2 Å². The lowest BCUT2D eigenvalue weighted by molar-refractivity contribution is -0.142. The fraction of sp³-hybridized carbons (Fsp3) is 0.387. The molecule has 1 saturated heterocycles. The Labute approximate surface area is 237 Å². The molecule has 2 unspecified atom stereocenters. The van der Waals surface area contributed by atoms with Crippen molar-refractivity contribution in [1.29, 1.82) is 0 Å². The van der Waals surface area contributed by atoms with Crippen molar-refractivity contribution in [1.82, 2.24) is 4.98 Å². The summed E-state index contributed by atoms with van der Waals surface area (Å²) in [5.74, 6) is 0.268. The monoisotopic (exact) mass is 565 g/mol. The molecule has 10 heteroatoms. The van der Waals surface area contributed by atoms with Crippen LogP contribution in [0.2, 0.25) is 0 Å². The van der Waals surface area contributed by atoms with Crippen LogP contribution in [-0.2, 0) is 9.53 Å². The number of aromatic nitrogens is 1. The Kier molecular flexibility index (Phi) is 8.37. The Balaban J connectivity index is 1.39. The van der Waals surface area contributed by atoms with Crippen LogP contribution in [0.1, 0.15) is 46.8 Å². The van der Waals surface area contributed by atoms with Crippen molar-refractivity contribution < 1.29 is 32.6 Å². The Morgan fingerprint density at radius 3 is 2.51 bits per heavy atom. The van der Waals surface area contributed by atoms with E-state index in [4.69, 9.17) is 9.47 Å². The van der Waals surface area contributed by atoms with E-state index >= 15 is 0 Å². The summed E-state index contributed by atoms with van der Waals surface area (Å²) < 4.78 is 41.7. The van der Waals surface area contributed by atoms with Crippen LogP contribution >= 0.6 is 0 Å². The first-order valence-corrected chi connectivity index (χ1v) is 13.6. The number of hydrogen-bond acceptors (Lipinski definition) is 7. The number of carbonyl (C=O) groups excluding carboxylic acids is 2. The minimum Gasteiger partial charge on any atom is -0.489 e. The summed E-state index contributed by atoms with van der Waals surface area (Å²) in [4.78, 5) is 34.1. The Morgan fingerprint density at radius 2 is 1.83 bits per heavy atom. The van der Waals surface area contributed by atoms with Gasteiger partial charge in [-0.15, -0.1) is 0 Å². The lowest BCUT2D eigenvalue weighted by Gasteiger charge is -2.24. The van der Waals surface area contributed by atoms with Gasteiger partial charge in [0.2, 0.25) is 0 Å². The first kappa shape index (κ1) is 28.3. The van der Waals surface area contributed by atoms with Crippen LogP contribution in [0.15, 0.2) is 60.7 Å². The molecule has 2 fully saturated rings. The summed E-state index contributed by atoms with van der Waals surface area (Å²) in [5, 5.41) is 0. The molecule has 1 aliphatic carbocycles. The second-order valence-electron chi connectivity index (χ2n) is 10.5. The van der Waals surface area contributed by atoms with E-state index in [1.54, 1.807) is 37.4 Å². The zero-order valence-corrected chi connectivity index (χ0v) is 23.3. The number of nitrogens with zero attached hydrogens (tertiary/aromatic N) is 3. The predicted octanol–water partition coefficient (Wildman–Crippen LogP) is 5.59. The van der Waals surface area contributed by atoms with Gasteiger partial charge in [0.1, 0.15) is 17.6 Å². The number of aryl methyl sites for hydroxylation is 1. The molecule has 2 aliphatic rings. The minimum atomic E-state index is -2.97. The van der Waals surface area contributed by atoms with Crippen molar-refractivity contribution in [3.63, 3.8) is 0 Å². The van der Waals surface area contributed by atoms with Crippen molar-refractivity contribution >= 4 is 23.4 Å². The third-order valence-electron chi connectivity index (χ3n) is 7.57. The quantitative estimate of drug-likeness (QED) is 0.297. The first-order chi connectivity index (χ1) is 19.7. The number of halogens is 2. The molecule has 1 aliphatic heterocycles. The highest BCUT2D eigenvalue weighted by atomic mass is 19.3. The van der Waals surface area contributed by atoms with Gasteiger partial charge in [0, 0.05) is 25.2 Å².